The second-order valence-electron chi connectivity index (χ2n) is 18.9. The van der Waals surface area contributed by atoms with E-state index in [4.69, 9.17) is 9.47 Å². The molecular formula is C43H58N2O5. The number of amides is 1. The van der Waals surface area contributed by atoms with Gasteiger partial charge in [-0.1, -0.05) is 78.3 Å². The molecule has 7 nitrogen and oxygen atoms in total. The molecule has 2 aromatic rings. The van der Waals surface area contributed by atoms with Gasteiger partial charge in [0.25, 0.3) is 0 Å². The number of nitrogens with zero attached hydrogens (tertiary/aromatic N) is 1. The fourth-order valence-electron chi connectivity index (χ4n) is 12.9. The van der Waals surface area contributed by atoms with Gasteiger partial charge in [0.1, 0.15) is 12.2 Å². The van der Waals surface area contributed by atoms with Crippen LogP contribution in [0.2, 0.25) is 0 Å². The number of carbonyl (C=O) groups excluding carboxylic acids is 3. The molecule has 4 saturated carbocycles. The zero-order valence-corrected chi connectivity index (χ0v) is 31.8. The van der Waals surface area contributed by atoms with Gasteiger partial charge in [-0.15, -0.1) is 0 Å². The molecule has 5 aliphatic rings. The van der Waals surface area contributed by atoms with Crippen molar-refractivity contribution in [2.75, 3.05) is 5.32 Å². The number of para-hydroxylation sites is 1. The van der Waals surface area contributed by atoms with E-state index in [1.807, 2.05) is 24.3 Å². The molecule has 0 spiro atoms. The van der Waals surface area contributed by atoms with Crippen molar-refractivity contribution in [2.24, 2.45) is 50.2 Å². The molecule has 0 saturated heterocycles. The number of nitrogens with one attached hydrogen (secondary N) is 1. The Labute approximate surface area is 298 Å². The molecule has 4 fully saturated rings. The highest BCUT2D eigenvalue weighted by atomic mass is 16.6. The molecule has 1 aromatic carbocycles. The minimum atomic E-state index is -0.486. The molecule has 50 heavy (non-hydrogen) atoms. The molecule has 1 aromatic heterocycles. The van der Waals surface area contributed by atoms with E-state index in [1.165, 1.54) is 19.4 Å². The van der Waals surface area contributed by atoms with Crippen molar-refractivity contribution in [1.29, 1.82) is 0 Å². The highest BCUT2D eigenvalue weighted by Crippen LogP contribution is 2.76. The highest BCUT2D eigenvalue weighted by Gasteiger charge is 2.70. The van der Waals surface area contributed by atoms with Crippen molar-refractivity contribution in [3.05, 3.63) is 48.2 Å². The number of aromatic nitrogens is 1. The number of pyridine rings is 1. The fourth-order valence-corrected chi connectivity index (χ4v) is 12.9. The minimum absolute atomic E-state index is 0.0000513. The maximum atomic E-state index is 14.7. The van der Waals surface area contributed by atoms with Crippen molar-refractivity contribution >= 4 is 34.4 Å². The van der Waals surface area contributed by atoms with Crippen molar-refractivity contribution in [2.45, 2.75) is 132 Å². The maximum absolute atomic E-state index is 14.7. The number of esters is 2. The summed E-state index contributed by atoms with van der Waals surface area (Å²) >= 11 is 0. The first-order chi connectivity index (χ1) is 23.4. The number of ether oxygens (including phenoxy) is 2. The number of fused-ring (bicyclic) bond motifs is 8. The van der Waals surface area contributed by atoms with Gasteiger partial charge >= 0.3 is 11.9 Å². The van der Waals surface area contributed by atoms with E-state index in [0.29, 0.717) is 18.3 Å². The number of carbonyl (C=O) groups is 3. The number of benzene rings is 1. The van der Waals surface area contributed by atoms with Gasteiger partial charge in [0, 0.05) is 24.6 Å². The monoisotopic (exact) mass is 682 g/mol. The lowest BCUT2D eigenvalue weighted by molar-refractivity contribution is -0.243. The first kappa shape index (κ1) is 35.2. The Bertz CT molecular complexity index is 1760. The summed E-state index contributed by atoms with van der Waals surface area (Å²) in [4.78, 5) is 44.1. The lowest BCUT2D eigenvalue weighted by Crippen LogP contribution is -2.67. The van der Waals surface area contributed by atoms with E-state index < -0.39 is 17.6 Å². The Kier molecular flexibility index (Phi) is 8.20. The number of allylic oxidation sites excluding steroid dienone is 2. The summed E-state index contributed by atoms with van der Waals surface area (Å²) in [5, 5.41) is 4.41. The van der Waals surface area contributed by atoms with E-state index in [1.54, 1.807) is 6.20 Å². The Balaban J connectivity index is 1.26. The largest absolute Gasteiger partial charge is 0.459 e. The molecule has 7 rings (SSSR count). The predicted octanol–water partition coefficient (Wildman–Crippen LogP) is 9.45. The van der Waals surface area contributed by atoms with Crippen LogP contribution in [0.25, 0.3) is 10.9 Å². The molecule has 270 valence electrons. The Morgan fingerprint density at radius 2 is 1.54 bits per heavy atom. The summed E-state index contributed by atoms with van der Waals surface area (Å²) in [7, 11) is 0. The van der Waals surface area contributed by atoms with E-state index in [2.05, 4.69) is 70.9 Å². The van der Waals surface area contributed by atoms with Gasteiger partial charge in [-0.25, -0.2) is 0 Å². The SMILES string of the molecule is CC(=O)O[C@H]1C[C@]2(C)[C@H]3CC=C4[C@@H]5CC(C)(C)CC[C@]5(C(=O)Nc5cnc6ccccc6c5)CC[C@@]4(C)[C@]3(C)CC[C@H]2C(C)(C)[C@H]1OC(C)=O. The maximum Gasteiger partial charge on any atom is 0.303 e. The van der Waals surface area contributed by atoms with Crippen molar-refractivity contribution in [3.8, 4) is 0 Å². The van der Waals surface area contributed by atoms with Crippen LogP contribution in [-0.4, -0.2) is 35.0 Å². The fraction of sp³-hybridized carbons (Fsp3) is 0.674. The predicted molar refractivity (Wildman–Crippen MR) is 196 cm³/mol. The quantitative estimate of drug-likeness (QED) is 0.255. The van der Waals surface area contributed by atoms with Gasteiger partial charge in [0.2, 0.25) is 5.91 Å². The van der Waals surface area contributed by atoms with Gasteiger partial charge in [-0.3, -0.25) is 19.4 Å². The third-order valence-corrected chi connectivity index (χ3v) is 15.4. The highest BCUT2D eigenvalue weighted by molar-refractivity contribution is 5.97. The third-order valence-electron chi connectivity index (χ3n) is 15.4. The summed E-state index contributed by atoms with van der Waals surface area (Å²) < 4.78 is 12.0. The van der Waals surface area contributed by atoms with Gasteiger partial charge < -0.3 is 14.8 Å². The topological polar surface area (TPSA) is 94.6 Å². The van der Waals surface area contributed by atoms with E-state index in [-0.39, 0.29) is 50.8 Å². The van der Waals surface area contributed by atoms with Crippen LogP contribution >= 0.6 is 0 Å². The summed E-state index contributed by atoms with van der Waals surface area (Å²) in [5.74, 6) is 0.328. The first-order valence-electron chi connectivity index (χ1n) is 19.1. The summed E-state index contributed by atoms with van der Waals surface area (Å²) in [5.41, 5.74) is 2.34. The van der Waals surface area contributed by atoms with Crippen LogP contribution in [0.4, 0.5) is 5.69 Å². The minimum Gasteiger partial charge on any atom is -0.459 e. The van der Waals surface area contributed by atoms with Crippen LogP contribution in [0.3, 0.4) is 0 Å². The standard InChI is InChI=1S/C43H58N2O5/c1-26(46)49-33-24-40(7)34(39(5,6)36(33)50-27(2)47)16-17-42(9)35(40)15-14-30-31-23-38(3,4)18-20-43(31,21-19-41(30,42)8)37(48)45-29-22-28-12-10-11-13-32(28)44-25-29/h10-14,22,25,31,33-36H,15-21,23-24H2,1-9H3,(H,45,48)/t31-,33-,34-,35+,36-,40-,41+,42+,43-/m0/s1. The lowest BCUT2D eigenvalue weighted by atomic mass is 9.33. The number of anilines is 1. The Morgan fingerprint density at radius 1 is 0.840 bits per heavy atom. The van der Waals surface area contributed by atoms with Gasteiger partial charge in [-0.05, 0) is 109 Å². The average Bonchev–Trinajstić information content (AvgIpc) is 3.02. The van der Waals surface area contributed by atoms with E-state index >= 15 is 0 Å². The van der Waals surface area contributed by atoms with Crippen LogP contribution in [0, 0.1) is 50.2 Å². The summed E-state index contributed by atoms with van der Waals surface area (Å²) in [6.07, 6.45) is 11.9. The molecule has 0 radical (unpaired) electrons. The smallest absolute Gasteiger partial charge is 0.303 e. The second-order valence-corrected chi connectivity index (χ2v) is 18.9. The number of hydrogen-bond donors (Lipinski definition) is 1. The van der Waals surface area contributed by atoms with E-state index in [0.717, 1.165) is 68.0 Å². The molecule has 0 bridgehead atoms. The van der Waals surface area contributed by atoms with Gasteiger partial charge in [-0.2, -0.15) is 0 Å². The number of rotatable bonds is 4. The first-order valence-corrected chi connectivity index (χ1v) is 19.1. The van der Waals surface area contributed by atoms with Gasteiger partial charge in [0.15, 0.2) is 0 Å². The second kappa shape index (κ2) is 11.6. The molecule has 7 heteroatoms. The zero-order chi connectivity index (χ0) is 36.1. The van der Waals surface area contributed by atoms with Crippen LogP contribution in [0.1, 0.15) is 120 Å². The van der Waals surface area contributed by atoms with Crippen molar-refractivity contribution in [1.82, 2.24) is 4.98 Å². The molecule has 1 amide bonds. The summed E-state index contributed by atoms with van der Waals surface area (Å²) in [6, 6.07) is 10.1. The lowest BCUT2D eigenvalue weighted by Gasteiger charge is -2.71. The molecular weight excluding hydrogens is 624 g/mol. The normalized spacial score (nSPS) is 39.8. The summed E-state index contributed by atoms with van der Waals surface area (Å²) in [6.45, 7) is 19.6. The average molecular weight is 683 g/mol. The van der Waals surface area contributed by atoms with Crippen molar-refractivity contribution in [3.63, 3.8) is 0 Å². The molecule has 0 unspecified atom stereocenters. The van der Waals surface area contributed by atoms with Gasteiger partial charge in [0.05, 0.1) is 22.8 Å². The van der Waals surface area contributed by atoms with Crippen molar-refractivity contribution < 1.29 is 23.9 Å². The Morgan fingerprint density at radius 3 is 2.26 bits per heavy atom. The molecule has 1 heterocycles. The molecule has 0 aliphatic heterocycles. The Hall–Kier alpha value is -3.22. The third kappa shape index (κ3) is 5.18. The molecule has 9 atom stereocenters. The zero-order valence-electron chi connectivity index (χ0n) is 31.8. The van der Waals surface area contributed by atoms with Crippen LogP contribution in [0.5, 0.6) is 0 Å². The van der Waals surface area contributed by atoms with Crippen LogP contribution < -0.4 is 5.32 Å². The molecule has 1 N–H and O–H groups in total. The van der Waals surface area contributed by atoms with E-state index in [9.17, 15) is 14.4 Å². The van der Waals surface area contributed by atoms with Crippen LogP contribution in [-0.2, 0) is 23.9 Å². The molecule has 5 aliphatic carbocycles. The van der Waals surface area contributed by atoms with Crippen LogP contribution in [0.15, 0.2) is 48.2 Å². The number of hydrogen-bond acceptors (Lipinski definition) is 6.